The Morgan fingerprint density at radius 1 is 0.932 bits per heavy atom. The number of benzene rings is 1. The lowest BCUT2D eigenvalue weighted by molar-refractivity contribution is -0.143. The molecule has 44 heavy (non-hydrogen) atoms. The Balaban J connectivity index is 1.76. The highest BCUT2D eigenvalue weighted by Crippen LogP contribution is 2.38. The first-order chi connectivity index (χ1) is 20.5. The van der Waals surface area contributed by atoms with Gasteiger partial charge in [-0.15, -0.1) is 5.10 Å². The first-order valence-electron chi connectivity index (χ1n) is 14.1. The van der Waals surface area contributed by atoms with Crippen molar-refractivity contribution in [1.29, 1.82) is 0 Å². The standard InChI is InChI=1S/C28H34F6N8O2/c1-6-20-11-22(12-21(7-2)42(20)25(43)44-26(3,4)5)40(24-35-13-23(14-36-24)41-16-37-38-39-41)15-17-8-18(27(29,30)31)10-19(9-17)28(32,33)34/h8-10,13-14,16,20-22H,6-7,11-12,15H2,1-5H3/t20-,21+,22?. The molecule has 0 aliphatic carbocycles. The van der Waals surface area contributed by atoms with Gasteiger partial charge in [0.15, 0.2) is 0 Å². The molecular weight excluding hydrogens is 594 g/mol. The van der Waals surface area contributed by atoms with E-state index < -0.39 is 41.2 Å². The van der Waals surface area contributed by atoms with Gasteiger partial charge in [-0.05, 0) is 80.6 Å². The van der Waals surface area contributed by atoms with Gasteiger partial charge in [0.25, 0.3) is 0 Å². The molecule has 0 radical (unpaired) electrons. The van der Waals surface area contributed by atoms with Gasteiger partial charge in [0.05, 0.1) is 23.5 Å². The molecule has 0 N–H and O–H groups in total. The summed E-state index contributed by atoms with van der Waals surface area (Å²) < 4.78 is 89.1. The van der Waals surface area contributed by atoms with E-state index in [1.54, 1.807) is 30.6 Å². The Morgan fingerprint density at radius 3 is 1.91 bits per heavy atom. The van der Waals surface area contributed by atoms with Crippen LogP contribution in [0.25, 0.3) is 5.69 Å². The number of anilines is 1. The van der Waals surface area contributed by atoms with Crippen LogP contribution in [0, 0.1) is 0 Å². The third-order valence-corrected chi connectivity index (χ3v) is 7.36. The van der Waals surface area contributed by atoms with E-state index in [0.29, 0.717) is 43.5 Å². The molecule has 1 aliphatic heterocycles. The summed E-state index contributed by atoms with van der Waals surface area (Å²) in [6.07, 6.45) is -4.54. The zero-order valence-electron chi connectivity index (χ0n) is 24.9. The number of amides is 1. The van der Waals surface area contributed by atoms with Crippen molar-refractivity contribution in [2.75, 3.05) is 4.90 Å². The van der Waals surface area contributed by atoms with Crippen molar-refractivity contribution in [2.24, 2.45) is 0 Å². The molecule has 1 saturated heterocycles. The van der Waals surface area contributed by atoms with Gasteiger partial charge < -0.3 is 14.5 Å². The van der Waals surface area contributed by atoms with Crippen LogP contribution in [0.2, 0.25) is 0 Å². The molecular formula is C28H34F6N8O2. The number of hydrogen-bond donors (Lipinski definition) is 0. The summed E-state index contributed by atoms with van der Waals surface area (Å²) in [6.45, 7) is 8.76. The number of aromatic nitrogens is 6. The first-order valence-corrected chi connectivity index (χ1v) is 14.1. The Morgan fingerprint density at radius 2 is 1.48 bits per heavy atom. The highest BCUT2D eigenvalue weighted by Gasteiger charge is 2.42. The molecule has 3 aromatic rings. The Labute approximate surface area is 250 Å². The van der Waals surface area contributed by atoms with Crippen LogP contribution >= 0.6 is 0 Å². The molecule has 16 heteroatoms. The average molecular weight is 629 g/mol. The second-order valence-electron chi connectivity index (χ2n) is 11.7. The maximum atomic E-state index is 13.7. The van der Waals surface area contributed by atoms with E-state index in [1.807, 2.05) is 13.8 Å². The highest BCUT2D eigenvalue weighted by molar-refractivity contribution is 5.69. The van der Waals surface area contributed by atoms with Crippen LogP contribution in [0.15, 0.2) is 36.9 Å². The van der Waals surface area contributed by atoms with Gasteiger partial charge in [-0.2, -0.15) is 31.0 Å². The largest absolute Gasteiger partial charge is 0.444 e. The van der Waals surface area contributed by atoms with E-state index in [1.165, 1.54) is 23.4 Å². The van der Waals surface area contributed by atoms with Gasteiger partial charge >= 0.3 is 18.4 Å². The van der Waals surface area contributed by atoms with Crippen LogP contribution in [-0.2, 0) is 23.6 Å². The van der Waals surface area contributed by atoms with Crippen LogP contribution in [0.1, 0.15) is 77.0 Å². The van der Waals surface area contributed by atoms with E-state index in [0.717, 1.165) is 0 Å². The monoisotopic (exact) mass is 628 g/mol. The van der Waals surface area contributed by atoms with E-state index in [2.05, 4.69) is 25.5 Å². The summed E-state index contributed by atoms with van der Waals surface area (Å²) in [7, 11) is 0. The van der Waals surface area contributed by atoms with E-state index in [4.69, 9.17) is 4.74 Å². The Kier molecular flexibility index (Phi) is 9.40. The van der Waals surface area contributed by atoms with Crippen molar-refractivity contribution in [1.82, 2.24) is 35.1 Å². The molecule has 1 aliphatic rings. The maximum Gasteiger partial charge on any atom is 0.416 e. The quantitative estimate of drug-likeness (QED) is 0.275. The van der Waals surface area contributed by atoms with Crippen molar-refractivity contribution in [2.45, 2.75) is 103 Å². The summed E-state index contributed by atoms with van der Waals surface area (Å²) in [5.41, 5.74) is -3.36. The predicted molar refractivity (Wildman–Crippen MR) is 147 cm³/mol. The molecule has 4 rings (SSSR count). The fraction of sp³-hybridized carbons (Fsp3) is 0.571. The van der Waals surface area contributed by atoms with Crippen LogP contribution < -0.4 is 4.90 Å². The molecule has 240 valence electrons. The number of ether oxygens (including phenoxy) is 1. The number of alkyl halides is 6. The first kappa shape index (κ1) is 32.9. The Bertz CT molecular complexity index is 1360. The Hall–Kier alpha value is -3.98. The molecule has 1 unspecified atom stereocenters. The lowest BCUT2D eigenvalue weighted by Gasteiger charge is -2.48. The second-order valence-corrected chi connectivity index (χ2v) is 11.7. The molecule has 3 heterocycles. The molecule has 0 saturated carbocycles. The number of halogens is 6. The topological polar surface area (TPSA) is 102 Å². The highest BCUT2D eigenvalue weighted by atomic mass is 19.4. The smallest absolute Gasteiger partial charge is 0.416 e. The zero-order chi connectivity index (χ0) is 32.4. The number of likely N-dealkylation sites (tertiary alicyclic amines) is 1. The summed E-state index contributed by atoms with van der Waals surface area (Å²) in [5.74, 6) is 0.0909. The molecule has 0 spiro atoms. The van der Waals surface area contributed by atoms with Crippen molar-refractivity contribution in [3.63, 3.8) is 0 Å². The number of rotatable bonds is 7. The minimum absolute atomic E-state index is 0.0909. The van der Waals surface area contributed by atoms with Crippen LogP contribution in [0.4, 0.5) is 37.1 Å². The zero-order valence-corrected chi connectivity index (χ0v) is 24.9. The van der Waals surface area contributed by atoms with Gasteiger partial charge in [0.2, 0.25) is 5.95 Å². The van der Waals surface area contributed by atoms with E-state index >= 15 is 0 Å². The minimum Gasteiger partial charge on any atom is -0.444 e. The summed E-state index contributed by atoms with van der Waals surface area (Å²) >= 11 is 0. The van der Waals surface area contributed by atoms with Crippen LogP contribution in [0.5, 0.6) is 0 Å². The maximum absolute atomic E-state index is 13.7. The fourth-order valence-corrected chi connectivity index (χ4v) is 5.37. The third-order valence-electron chi connectivity index (χ3n) is 7.36. The average Bonchev–Trinajstić information content (AvgIpc) is 3.48. The molecule has 2 aromatic heterocycles. The molecule has 1 fully saturated rings. The van der Waals surface area contributed by atoms with Gasteiger partial charge in [0, 0.05) is 24.7 Å². The van der Waals surface area contributed by atoms with Crippen LogP contribution in [-0.4, -0.2) is 64.9 Å². The number of carbonyl (C=O) groups excluding carboxylic acids is 1. The van der Waals surface area contributed by atoms with Crippen molar-refractivity contribution in [3.8, 4) is 5.69 Å². The van der Waals surface area contributed by atoms with Gasteiger partial charge in [0.1, 0.15) is 17.6 Å². The number of nitrogens with zero attached hydrogens (tertiary/aromatic N) is 8. The predicted octanol–water partition coefficient (Wildman–Crippen LogP) is 6.45. The molecule has 10 nitrogen and oxygen atoms in total. The van der Waals surface area contributed by atoms with E-state index in [9.17, 15) is 31.1 Å². The molecule has 0 bridgehead atoms. The van der Waals surface area contributed by atoms with Gasteiger partial charge in [-0.3, -0.25) is 0 Å². The van der Waals surface area contributed by atoms with Crippen molar-refractivity contribution in [3.05, 3.63) is 53.6 Å². The molecule has 1 amide bonds. The normalized spacial score (nSPS) is 19.6. The van der Waals surface area contributed by atoms with Crippen molar-refractivity contribution >= 4 is 12.0 Å². The van der Waals surface area contributed by atoms with Crippen LogP contribution in [0.3, 0.4) is 0 Å². The number of piperidine rings is 1. The molecule has 1 aromatic carbocycles. The number of hydrogen-bond acceptors (Lipinski definition) is 8. The number of tetrazole rings is 1. The SMILES string of the molecule is CC[C@@H]1CC(N(Cc2cc(C(F)(F)F)cc(C(F)(F)F)c2)c2ncc(-n3cnnn3)cn2)C[C@H](CC)N1C(=O)OC(C)(C)C. The summed E-state index contributed by atoms with van der Waals surface area (Å²) in [4.78, 5) is 25.4. The summed E-state index contributed by atoms with van der Waals surface area (Å²) in [6, 6.07) is 0.452. The van der Waals surface area contributed by atoms with Crippen molar-refractivity contribution < 1.29 is 35.9 Å². The summed E-state index contributed by atoms with van der Waals surface area (Å²) in [5, 5.41) is 10.9. The second kappa shape index (κ2) is 12.6. The van der Waals surface area contributed by atoms with Gasteiger partial charge in [-0.1, -0.05) is 13.8 Å². The minimum atomic E-state index is -5.00. The van der Waals surface area contributed by atoms with Gasteiger partial charge in [-0.25, -0.2) is 14.8 Å². The third kappa shape index (κ3) is 7.75. The van der Waals surface area contributed by atoms with E-state index in [-0.39, 0.29) is 36.2 Å². The number of carbonyl (C=O) groups is 1. The fourth-order valence-electron chi connectivity index (χ4n) is 5.37. The lowest BCUT2D eigenvalue weighted by atomic mass is 9.87. The lowest BCUT2D eigenvalue weighted by Crippen LogP contribution is -2.57. The molecule has 3 atom stereocenters.